The summed E-state index contributed by atoms with van der Waals surface area (Å²) in [4.78, 5) is 3.51. The Hall–Kier alpha value is -1.30. The van der Waals surface area contributed by atoms with E-state index in [-0.39, 0.29) is 11.4 Å². The Kier molecular flexibility index (Phi) is 2.42. The van der Waals surface area contributed by atoms with Gasteiger partial charge in [0.1, 0.15) is 11.9 Å². The lowest BCUT2D eigenvalue weighted by Crippen LogP contribution is -2.29. The molecule has 4 N–H and O–H groups in total. The molecule has 72 valence electrons. The number of rotatable bonds is 1. The first-order valence-electron chi connectivity index (χ1n) is 3.45. The van der Waals surface area contributed by atoms with Gasteiger partial charge < -0.3 is 11.5 Å². The molecule has 0 amide bonds. The van der Waals surface area contributed by atoms with Gasteiger partial charge in [0.05, 0.1) is 0 Å². The molecule has 1 aromatic rings. The molecule has 0 spiro atoms. The SMILES string of the molecule is Nc1ncccc1[C@H](N)C(F)(F)F. The van der Waals surface area contributed by atoms with Gasteiger partial charge in [0, 0.05) is 11.8 Å². The Morgan fingerprint density at radius 3 is 2.46 bits per heavy atom. The predicted molar refractivity (Wildman–Crippen MR) is 41.6 cm³/mol. The Morgan fingerprint density at radius 1 is 1.38 bits per heavy atom. The standard InChI is InChI=1S/C7H8F3N3/c8-7(9,10)5(11)4-2-1-3-13-6(4)12/h1-3,5H,11H2,(H2,12,13)/t5-/m0/s1. The molecule has 1 atom stereocenters. The van der Waals surface area contributed by atoms with E-state index < -0.39 is 12.2 Å². The van der Waals surface area contributed by atoms with Gasteiger partial charge in [-0.15, -0.1) is 0 Å². The largest absolute Gasteiger partial charge is 0.407 e. The van der Waals surface area contributed by atoms with E-state index in [1.165, 1.54) is 18.3 Å². The zero-order chi connectivity index (χ0) is 10.1. The zero-order valence-corrected chi connectivity index (χ0v) is 6.55. The van der Waals surface area contributed by atoms with E-state index in [1.54, 1.807) is 0 Å². The minimum absolute atomic E-state index is 0.188. The highest BCUT2D eigenvalue weighted by Gasteiger charge is 2.38. The summed E-state index contributed by atoms with van der Waals surface area (Å²) in [6, 6.07) is 0.499. The van der Waals surface area contributed by atoms with Gasteiger partial charge in [0.15, 0.2) is 0 Å². The number of hydrogen-bond donors (Lipinski definition) is 2. The molecule has 0 aromatic carbocycles. The van der Waals surface area contributed by atoms with Crippen LogP contribution in [0.1, 0.15) is 11.6 Å². The van der Waals surface area contributed by atoms with Crippen LogP contribution >= 0.6 is 0 Å². The van der Waals surface area contributed by atoms with E-state index in [0.29, 0.717) is 0 Å². The lowest BCUT2D eigenvalue weighted by atomic mass is 10.1. The van der Waals surface area contributed by atoms with Crippen LogP contribution in [-0.4, -0.2) is 11.2 Å². The number of halogens is 3. The maximum Gasteiger partial charge on any atom is 0.407 e. The van der Waals surface area contributed by atoms with E-state index in [2.05, 4.69) is 4.98 Å². The first-order valence-corrected chi connectivity index (χ1v) is 3.45. The van der Waals surface area contributed by atoms with Crippen molar-refractivity contribution in [1.82, 2.24) is 4.98 Å². The van der Waals surface area contributed by atoms with Crippen LogP contribution in [0.4, 0.5) is 19.0 Å². The second-order valence-corrected chi connectivity index (χ2v) is 2.50. The molecule has 1 heterocycles. The third-order valence-electron chi connectivity index (χ3n) is 1.56. The summed E-state index contributed by atoms with van der Waals surface area (Å²) in [7, 11) is 0. The Morgan fingerprint density at radius 2 is 2.00 bits per heavy atom. The van der Waals surface area contributed by atoms with Crippen molar-refractivity contribution in [2.45, 2.75) is 12.2 Å². The molecule has 1 rings (SSSR count). The summed E-state index contributed by atoms with van der Waals surface area (Å²) >= 11 is 0. The van der Waals surface area contributed by atoms with Crippen LogP contribution in [-0.2, 0) is 0 Å². The highest BCUT2D eigenvalue weighted by molar-refractivity contribution is 5.41. The summed E-state index contributed by atoms with van der Waals surface area (Å²) in [5.74, 6) is -0.188. The van der Waals surface area contributed by atoms with Crippen molar-refractivity contribution in [2.75, 3.05) is 5.73 Å². The monoisotopic (exact) mass is 191 g/mol. The topological polar surface area (TPSA) is 64.9 Å². The van der Waals surface area contributed by atoms with Crippen molar-refractivity contribution in [2.24, 2.45) is 5.73 Å². The third-order valence-corrected chi connectivity index (χ3v) is 1.56. The molecule has 3 nitrogen and oxygen atoms in total. The van der Waals surface area contributed by atoms with E-state index in [9.17, 15) is 13.2 Å². The Labute approximate surface area is 72.6 Å². The smallest absolute Gasteiger partial charge is 0.383 e. The summed E-state index contributed by atoms with van der Waals surface area (Å²) < 4.78 is 36.3. The average Bonchev–Trinajstić information content (AvgIpc) is 2.02. The van der Waals surface area contributed by atoms with Gasteiger partial charge in [-0.2, -0.15) is 13.2 Å². The molecular formula is C7H8F3N3. The van der Waals surface area contributed by atoms with E-state index in [1.807, 2.05) is 0 Å². The van der Waals surface area contributed by atoms with Gasteiger partial charge in [-0.3, -0.25) is 0 Å². The summed E-state index contributed by atoms with van der Waals surface area (Å²) in [6.45, 7) is 0. The van der Waals surface area contributed by atoms with Crippen molar-refractivity contribution in [1.29, 1.82) is 0 Å². The second kappa shape index (κ2) is 3.21. The van der Waals surface area contributed by atoms with E-state index >= 15 is 0 Å². The fraction of sp³-hybridized carbons (Fsp3) is 0.286. The lowest BCUT2D eigenvalue weighted by Gasteiger charge is -2.16. The zero-order valence-electron chi connectivity index (χ0n) is 6.55. The molecule has 0 saturated carbocycles. The molecule has 13 heavy (non-hydrogen) atoms. The highest BCUT2D eigenvalue weighted by Crippen LogP contribution is 2.32. The maximum atomic E-state index is 12.1. The molecule has 1 aromatic heterocycles. The normalized spacial score (nSPS) is 14.2. The summed E-state index contributed by atoms with van der Waals surface area (Å²) in [6.07, 6.45) is -3.18. The number of nitrogens with two attached hydrogens (primary N) is 2. The molecule has 0 aliphatic carbocycles. The Bertz CT molecular complexity index is 297. The van der Waals surface area contributed by atoms with Crippen LogP contribution in [0.5, 0.6) is 0 Å². The molecule has 0 aliphatic rings. The van der Waals surface area contributed by atoms with Crippen LogP contribution in [0.2, 0.25) is 0 Å². The molecule has 0 aliphatic heterocycles. The number of nitrogen functional groups attached to an aromatic ring is 1. The van der Waals surface area contributed by atoms with Crippen LogP contribution in [0.3, 0.4) is 0 Å². The van der Waals surface area contributed by atoms with Gasteiger partial charge in [-0.05, 0) is 6.07 Å². The van der Waals surface area contributed by atoms with Gasteiger partial charge >= 0.3 is 6.18 Å². The molecule has 0 unspecified atom stereocenters. The number of hydrogen-bond acceptors (Lipinski definition) is 3. The molecule has 0 bridgehead atoms. The lowest BCUT2D eigenvalue weighted by molar-refractivity contribution is -0.149. The molecule has 6 heteroatoms. The van der Waals surface area contributed by atoms with E-state index in [0.717, 1.165) is 0 Å². The maximum absolute atomic E-state index is 12.1. The number of nitrogens with zero attached hydrogens (tertiary/aromatic N) is 1. The second-order valence-electron chi connectivity index (χ2n) is 2.50. The third kappa shape index (κ3) is 2.09. The van der Waals surface area contributed by atoms with Gasteiger partial charge in [0.2, 0.25) is 0 Å². The first-order chi connectivity index (χ1) is 5.93. The summed E-state index contributed by atoms with van der Waals surface area (Å²) in [5, 5.41) is 0. The van der Waals surface area contributed by atoms with Crippen molar-refractivity contribution in [3.8, 4) is 0 Å². The number of pyridine rings is 1. The van der Waals surface area contributed by atoms with Crippen LogP contribution < -0.4 is 11.5 Å². The van der Waals surface area contributed by atoms with E-state index in [4.69, 9.17) is 11.5 Å². The molecule has 0 radical (unpaired) electrons. The fourth-order valence-electron chi connectivity index (χ4n) is 0.869. The minimum Gasteiger partial charge on any atom is -0.383 e. The summed E-state index contributed by atoms with van der Waals surface area (Å²) in [5.41, 5.74) is 9.96. The Balaban J connectivity index is 3.02. The van der Waals surface area contributed by atoms with Crippen molar-refractivity contribution >= 4 is 5.82 Å². The van der Waals surface area contributed by atoms with Crippen LogP contribution in [0, 0.1) is 0 Å². The van der Waals surface area contributed by atoms with Gasteiger partial charge in [0.25, 0.3) is 0 Å². The average molecular weight is 191 g/mol. The van der Waals surface area contributed by atoms with Crippen molar-refractivity contribution in [3.05, 3.63) is 23.9 Å². The van der Waals surface area contributed by atoms with Crippen LogP contribution in [0.25, 0.3) is 0 Å². The minimum atomic E-state index is -4.49. The number of anilines is 1. The first kappa shape index (κ1) is 9.79. The molecule has 0 fully saturated rings. The quantitative estimate of drug-likeness (QED) is 0.701. The number of alkyl halides is 3. The van der Waals surface area contributed by atoms with Gasteiger partial charge in [-0.1, -0.05) is 6.07 Å². The molecule has 0 saturated heterocycles. The number of aromatic nitrogens is 1. The van der Waals surface area contributed by atoms with Crippen LogP contribution in [0.15, 0.2) is 18.3 Å². The van der Waals surface area contributed by atoms with Crippen molar-refractivity contribution < 1.29 is 13.2 Å². The highest BCUT2D eigenvalue weighted by atomic mass is 19.4. The van der Waals surface area contributed by atoms with Gasteiger partial charge in [-0.25, -0.2) is 4.98 Å². The predicted octanol–water partition coefficient (Wildman–Crippen LogP) is 1.23. The fourth-order valence-corrected chi connectivity index (χ4v) is 0.869. The molecular weight excluding hydrogens is 183 g/mol. The van der Waals surface area contributed by atoms with Crippen molar-refractivity contribution in [3.63, 3.8) is 0 Å².